The molecule has 3 heterocycles. The summed E-state index contributed by atoms with van der Waals surface area (Å²) >= 11 is 0. The van der Waals surface area contributed by atoms with Crippen molar-refractivity contribution in [1.82, 2.24) is 31.3 Å². The average molecular weight is 434 g/mol. The summed E-state index contributed by atoms with van der Waals surface area (Å²) in [7, 11) is 0. The molecule has 0 amide bonds. The molecule has 2 aliphatic rings. The Morgan fingerprint density at radius 3 is 2.48 bits per heavy atom. The Hall–Kier alpha value is -2.69. The number of aryl methyl sites for hydroxylation is 1. The lowest BCUT2D eigenvalue weighted by Gasteiger charge is -2.41. The Bertz CT molecular complexity index is 947. The second-order valence-corrected chi connectivity index (χ2v) is 8.22. The van der Waals surface area contributed by atoms with Crippen LogP contribution in [0.15, 0.2) is 48.6 Å². The molecule has 0 aliphatic carbocycles. The smallest absolute Gasteiger partial charge is 0.385 e. The van der Waals surface area contributed by atoms with Gasteiger partial charge in [0.1, 0.15) is 5.82 Å². The Kier molecular flexibility index (Phi) is 5.63. The maximum Gasteiger partial charge on any atom is 0.416 e. The Morgan fingerprint density at radius 2 is 1.84 bits per heavy atom. The third kappa shape index (κ3) is 4.81. The summed E-state index contributed by atoms with van der Waals surface area (Å²) in [6.07, 6.45) is 1.76. The monoisotopic (exact) mass is 434 g/mol. The molecule has 3 atom stereocenters. The third-order valence-corrected chi connectivity index (χ3v) is 5.62. The van der Waals surface area contributed by atoms with E-state index in [4.69, 9.17) is 0 Å². The second-order valence-electron chi connectivity index (χ2n) is 8.22. The van der Waals surface area contributed by atoms with Gasteiger partial charge in [-0.1, -0.05) is 12.1 Å². The Labute approximate surface area is 178 Å². The fourth-order valence-corrected chi connectivity index (χ4v) is 4.12. The molecule has 7 nitrogen and oxygen atoms in total. The minimum absolute atomic E-state index is 0.0340. The quantitative estimate of drug-likeness (QED) is 0.588. The fourth-order valence-electron chi connectivity index (χ4n) is 4.12. The van der Waals surface area contributed by atoms with Crippen LogP contribution in [0.4, 0.5) is 13.2 Å². The number of piperidine rings is 1. The molecule has 1 aromatic carbocycles. The van der Waals surface area contributed by atoms with E-state index >= 15 is 0 Å². The van der Waals surface area contributed by atoms with Gasteiger partial charge in [0.05, 0.1) is 29.4 Å². The summed E-state index contributed by atoms with van der Waals surface area (Å²) in [5.74, 6) is 0.704. The van der Waals surface area contributed by atoms with Gasteiger partial charge in [-0.2, -0.15) is 13.2 Å². The zero-order valence-corrected chi connectivity index (χ0v) is 17.2. The zero-order valence-electron chi connectivity index (χ0n) is 17.2. The molecule has 0 saturated carbocycles. The van der Waals surface area contributed by atoms with Crippen LogP contribution in [0.1, 0.15) is 42.3 Å². The largest absolute Gasteiger partial charge is 0.416 e. The molecule has 0 spiro atoms. The summed E-state index contributed by atoms with van der Waals surface area (Å²) in [5.41, 5.74) is 6.48. The number of hydrazine groups is 2. The van der Waals surface area contributed by atoms with Crippen molar-refractivity contribution in [3.63, 3.8) is 0 Å². The number of rotatable bonds is 4. The first-order chi connectivity index (χ1) is 14.6. The molecule has 2 aromatic rings. The highest BCUT2D eigenvalue weighted by atomic mass is 19.4. The minimum Gasteiger partial charge on any atom is -0.385 e. The van der Waals surface area contributed by atoms with Crippen LogP contribution >= 0.6 is 0 Å². The number of alkyl halides is 3. The van der Waals surface area contributed by atoms with E-state index in [0.29, 0.717) is 30.8 Å². The van der Waals surface area contributed by atoms with Crippen molar-refractivity contribution in [3.8, 4) is 0 Å². The lowest BCUT2D eigenvalue weighted by atomic mass is 9.78. The minimum atomic E-state index is -4.40. The van der Waals surface area contributed by atoms with Crippen LogP contribution in [-0.4, -0.2) is 32.2 Å². The molecule has 1 saturated heterocycles. The van der Waals surface area contributed by atoms with Crippen LogP contribution in [0.25, 0.3) is 0 Å². The number of nitrogens with one attached hydrogen (secondary N) is 3. The van der Waals surface area contributed by atoms with Gasteiger partial charge in [0.25, 0.3) is 0 Å². The number of nitrogens with zero attached hydrogens (tertiary/aromatic N) is 3. The van der Waals surface area contributed by atoms with Gasteiger partial charge in [0, 0.05) is 36.6 Å². The van der Waals surface area contributed by atoms with Crippen LogP contribution in [0.5, 0.6) is 0 Å². The number of aromatic nitrogens is 2. The Morgan fingerprint density at radius 1 is 1.16 bits per heavy atom. The van der Waals surface area contributed by atoms with Gasteiger partial charge in [0.2, 0.25) is 0 Å². The highest BCUT2D eigenvalue weighted by Crippen LogP contribution is 2.38. The molecule has 10 heteroatoms. The first-order valence-corrected chi connectivity index (χ1v) is 10.1. The molecule has 0 bridgehead atoms. The van der Waals surface area contributed by atoms with Crippen molar-refractivity contribution in [3.05, 3.63) is 71.1 Å². The number of hydrogen-bond donors (Lipinski definition) is 4. The van der Waals surface area contributed by atoms with Gasteiger partial charge in [-0.25, -0.2) is 9.97 Å². The topological polar surface area (TPSA) is 85.3 Å². The van der Waals surface area contributed by atoms with Crippen LogP contribution in [0.2, 0.25) is 0 Å². The third-order valence-electron chi connectivity index (χ3n) is 5.62. The molecular formula is C21H25F3N6O. The van der Waals surface area contributed by atoms with E-state index in [2.05, 4.69) is 26.2 Å². The summed E-state index contributed by atoms with van der Waals surface area (Å²) in [4.78, 5) is 8.38. The summed E-state index contributed by atoms with van der Waals surface area (Å²) in [6.45, 7) is 4.32. The van der Waals surface area contributed by atoms with Gasteiger partial charge in [-0.3, -0.25) is 5.01 Å². The molecular weight excluding hydrogens is 409 g/mol. The average Bonchev–Trinajstić information content (AvgIpc) is 3.17. The molecule has 0 radical (unpaired) electrons. The second kappa shape index (κ2) is 8.10. The van der Waals surface area contributed by atoms with E-state index in [1.165, 1.54) is 12.1 Å². The van der Waals surface area contributed by atoms with Gasteiger partial charge in [-0.15, -0.1) is 5.53 Å². The van der Waals surface area contributed by atoms with Crippen molar-refractivity contribution in [2.45, 2.75) is 57.1 Å². The molecule has 4 rings (SSSR count). The molecule has 4 N–H and O–H groups in total. The SMILES string of the molecule is Cc1ncc(CN2C=C([C@@H]3CC(O)(c4ccc(C(F)(F)F)cc4)C[C@H](C)N3)NN2)cn1. The number of hydrogen-bond acceptors (Lipinski definition) is 7. The number of benzene rings is 1. The fraction of sp³-hybridized carbons (Fsp3) is 0.429. The molecule has 1 aromatic heterocycles. The summed E-state index contributed by atoms with van der Waals surface area (Å²) in [5, 5.41) is 16.6. The molecule has 1 fully saturated rings. The van der Waals surface area contributed by atoms with Crippen molar-refractivity contribution in [1.29, 1.82) is 0 Å². The first kappa shape index (κ1) is 21.5. The van der Waals surface area contributed by atoms with Crippen molar-refractivity contribution in [2.24, 2.45) is 0 Å². The molecule has 31 heavy (non-hydrogen) atoms. The van der Waals surface area contributed by atoms with Crippen molar-refractivity contribution >= 4 is 0 Å². The highest BCUT2D eigenvalue weighted by molar-refractivity contribution is 5.31. The van der Waals surface area contributed by atoms with Crippen molar-refractivity contribution in [2.75, 3.05) is 0 Å². The molecule has 166 valence electrons. The zero-order chi connectivity index (χ0) is 22.2. The normalized spacial score (nSPS) is 26.5. The standard InChI is InChI=1S/C21H25F3N6O/c1-13-7-20(31,16-3-5-17(6-4-16)21(22,23)24)8-18(27-13)19-12-30(29-28-19)11-15-9-25-14(2)26-10-15/h3-6,9-10,12-13,18,27-29,31H,7-8,11H2,1-2H3/t13-,18-,20?/m0/s1. The van der Waals surface area contributed by atoms with Crippen LogP contribution < -0.4 is 16.3 Å². The Balaban J connectivity index is 1.48. The molecule has 2 aliphatic heterocycles. The van der Waals surface area contributed by atoms with Gasteiger partial charge < -0.3 is 15.8 Å². The predicted molar refractivity (Wildman–Crippen MR) is 108 cm³/mol. The van der Waals surface area contributed by atoms with Crippen LogP contribution in [-0.2, 0) is 18.3 Å². The van der Waals surface area contributed by atoms with Gasteiger partial charge >= 0.3 is 6.18 Å². The maximum absolute atomic E-state index is 12.9. The van der Waals surface area contributed by atoms with E-state index in [1.54, 1.807) is 12.4 Å². The van der Waals surface area contributed by atoms with Crippen LogP contribution in [0.3, 0.4) is 0 Å². The molecule has 1 unspecified atom stereocenters. The van der Waals surface area contributed by atoms with E-state index in [1.807, 2.05) is 25.1 Å². The first-order valence-electron chi connectivity index (χ1n) is 10.1. The van der Waals surface area contributed by atoms with Gasteiger partial charge in [-0.05, 0) is 38.0 Å². The van der Waals surface area contributed by atoms with Gasteiger partial charge in [0.15, 0.2) is 0 Å². The van der Waals surface area contributed by atoms with Crippen molar-refractivity contribution < 1.29 is 18.3 Å². The lowest BCUT2D eigenvalue weighted by molar-refractivity contribution is -0.137. The predicted octanol–water partition coefficient (Wildman–Crippen LogP) is 2.50. The maximum atomic E-state index is 12.9. The summed E-state index contributed by atoms with van der Waals surface area (Å²) < 4.78 is 38.7. The van der Waals surface area contributed by atoms with E-state index in [-0.39, 0.29) is 12.1 Å². The number of halogens is 3. The van der Waals surface area contributed by atoms with E-state index < -0.39 is 17.3 Å². The van der Waals surface area contributed by atoms with E-state index in [0.717, 1.165) is 23.4 Å². The lowest BCUT2D eigenvalue weighted by Crippen LogP contribution is -2.53. The highest BCUT2D eigenvalue weighted by Gasteiger charge is 2.41. The van der Waals surface area contributed by atoms with E-state index in [9.17, 15) is 18.3 Å². The summed E-state index contributed by atoms with van der Waals surface area (Å²) in [6, 6.07) is 4.55. The van der Waals surface area contributed by atoms with Crippen LogP contribution in [0, 0.1) is 6.92 Å². The number of aliphatic hydroxyl groups is 1.